The molecule has 0 radical (unpaired) electrons. The van der Waals surface area contributed by atoms with Gasteiger partial charge in [-0.05, 0) is 30.9 Å². The Balaban J connectivity index is 1.49. The third-order valence-corrected chi connectivity index (χ3v) is 5.61. The third kappa shape index (κ3) is 4.00. The summed E-state index contributed by atoms with van der Waals surface area (Å²) in [6.07, 6.45) is 8.66. The van der Waals surface area contributed by atoms with Gasteiger partial charge >= 0.3 is 0 Å². The standard InChI is InChI=1S/C20H27N7O2/c1-13(2)18(28)19-25-24-16-9-8-14(11-26(16)19)20(29)21-10-17-23-22-12-27(17)15-6-4-3-5-7-15/h8-9,11-13,15,18,28H,3-7,10H2,1-2H3,(H,21,29). The van der Waals surface area contributed by atoms with Crippen molar-refractivity contribution in [2.75, 3.05) is 0 Å². The van der Waals surface area contributed by atoms with Crippen LogP contribution in [0.5, 0.6) is 0 Å². The van der Waals surface area contributed by atoms with E-state index in [1.807, 2.05) is 13.8 Å². The van der Waals surface area contributed by atoms with Crippen molar-refractivity contribution in [2.24, 2.45) is 5.92 Å². The van der Waals surface area contributed by atoms with Gasteiger partial charge in [-0.15, -0.1) is 20.4 Å². The second-order valence-electron chi connectivity index (χ2n) is 8.02. The summed E-state index contributed by atoms with van der Waals surface area (Å²) in [5, 5.41) is 29.7. The van der Waals surface area contributed by atoms with Crippen molar-refractivity contribution in [3.63, 3.8) is 0 Å². The summed E-state index contributed by atoms with van der Waals surface area (Å²) in [6.45, 7) is 4.13. The first-order valence-corrected chi connectivity index (χ1v) is 10.2. The van der Waals surface area contributed by atoms with E-state index in [1.54, 1.807) is 29.1 Å². The van der Waals surface area contributed by atoms with Crippen molar-refractivity contribution in [3.05, 3.63) is 41.9 Å². The number of pyridine rings is 1. The van der Waals surface area contributed by atoms with Crippen LogP contribution in [0.15, 0.2) is 24.7 Å². The van der Waals surface area contributed by atoms with Crippen LogP contribution in [0.4, 0.5) is 0 Å². The summed E-state index contributed by atoms with van der Waals surface area (Å²) in [5.41, 5.74) is 1.06. The molecule has 1 aliphatic carbocycles. The third-order valence-electron chi connectivity index (χ3n) is 5.61. The molecule has 1 atom stereocenters. The number of aliphatic hydroxyl groups is 1. The number of nitrogens with zero attached hydrogens (tertiary/aromatic N) is 6. The van der Waals surface area contributed by atoms with Crippen molar-refractivity contribution in [2.45, 2.75) is 64.6 Å². The maximum atomic E-state index is 12.7. The first-order valence-electron chi connectivity index (χ1n) is 10.2. The minimum atomic E-state index is -0.752. The lowest BCUT2D eigenvalue weighted by Crippen LogP contribution is -2.26. The molecule has 1 fully saturated rings. The number of nitrogens with one attached hydrogen (secondary N) is 1. The van der Waals surface area contributed by atoms with Crippen molar-refractivity contribution < 1.29 is 9.90 Å². The SMILES string of the molecule is CC(C)C(O)c1nnc2ccc(C(=O)NCc3nncn3C3CCCCC3)cn12. The van der Waals surface area contributed by atoms with Gasteiger partial charge in [0.1, 0.15) is 12.4 Å². The Morgan fingerprint density at radius 2 is 2.00 bits per heavy atom. The fourth-order valence-electron chi connectivity index (χ4n) is 3.86. The molecule has 29 heavy (non-hydrogen) atoms. The molecule has 0 spiro atoms. The number of carbonyl (C=O) groups excluding carboxylic acids is 1. The van der Waals surface area contributed by atoms with E-state index in [0.717, 1.165) is 18.7 Å². The molecular formula is C20H27N7O2. The van der Waals surface area contributed by atoms with Crippen LogP contribution in [0.2, 0.25) is 0 Å². The summed E-state index contributed by atoms with van der Waals surface area (Å²) in [5.74, 6) is 0.975. The summed E-state index contributed by atoms with van der Waals surface area (Å²) in [6, 6.07) is 3.85. The van der Waals surface area contributed by atoms with Crippen LogP contribution >= 0.6 is 0 Å². The van der Waals surface area contributed by atoms with Gasteiger partial charge in [-0.3, -0.25) is 9.20 Å². The Bertz CT molecular complexity index is 988. The van der Waals surface area contributed by atoms with Crippen LogP contribution in [0.1, 0.15) is 80.1 Å². The molecule has 1 amide bonds. The van der Waals surface area contributed by atoms with Crippen LogP contribution in [-0.4, -0.2) is 40.4 Å². The minimum absolute atomic E-state index is 0.00830. The van der Waals surface area contributed by atoms with E-state index in [2.05, 4.69) is 30.3 Å². The van der Waals surface area contributed by atoms with Crippen LogP contribution in [0.25, 0.3) is 5.65 Å². The van der Waals surface area contributed by atoms with Gasteiger partial charge in [0.05, 0.1) is 12.1 Å². The maximum Gasteiger partial charge on any atom is 0.253 e. The quantitative estimate of drug-likeness (QED) is 0.661. The number of fused-ring (bicyclic) bond motifs is 1. The van der Waals surface area contributed by atoms with Gasteiger partial charge < -0.3 is 15.0 Å². The first kappa shape index (κ1) is 19.5. The Labute approximate surface area is 169 Å². The Morgan fingerprint density at radius 3 is 2.76 bits per heavy atom. The fraction of sp³-hybridized carbons (Fsp3) is 0.550. The number of amides is 1. The lowest BCUT2D eigenvalue weighted by molar-refractivity contribution is 0.0947. The zero-order chi connectivity index (χ0) is 20.4. The molecule has 3 heterocycles. The Kier molecular flexibility index (Phi) is 5.57. The van der Waals surface area contributed by atoms with Crippen molar-refractivity contribution in [1.82, 2.24) is 34.7 Å². The van der Waals surface area contributed by atoms with Crippen LogP contribution in [0, 0.1) is 5.92 Å². The highest BCUT2D eigenvalue weighted by Gasteiger charge is 2.21. The lowest BCUT2D eigenvalue weighted by atomic mass is 9.95. The molecule has 1 unspecified atom stereocenters. The van der Waals surface area contributed by atoms with Crippen molar-refractivity contribution in [3.8, 4) is 0 Å². The topological polar surface area (TPSA) is 110 Å². The highest BCUT2D eigenvalue weighted by Crippen LogP contribution is 2.28. The molecule has 0 bridgehead atoms. The van der Waals surface area contributed by atoms with Crippen LogP contribution in [0.3, 0.4) is 0 Å². The van der Waals surface area contributed by atoms with E-state index in [1.165, 1.54) is 19.3 Å². The number of aliphatic hydroxyl groups excluding tert-OH is 1. The zero-order valence-electron chi connectivity index (χ0n) is 16.8. The normalized spacial score (nSPS) is 16.4. The number of carbonyl (C=O) groups is 1. The molecule has 1 saturated carbocycles. The first-order chi connectivity index (χ1) is 14.0. The molecule has 0 aromatic carbocycles. The molecule has 154 valence electrons. The van der Waals surface area contributed by atoms with E-state index in [9.17, 15) is 9.90 Å². The monoisotopic (exact) mass is 397 g/mol. The Hall–Kier alpha value is -2.81. The van der Waals surface area contributed by atoms with Gasteiger partial charge in [-0.2, -0.15) is 0 Å². The molecule has 0 saturated heterocycles. The Morgan fingerprint density at radius 1 is 1.21 bits per heavy atom. The van der Waals surface area contributed by atoms with Gasteiger partial charge in [0.25, 0.3) is 5.91 Å². The number of aromatic nitrogens is 6. The average Bonchev–Trinajstić information content (AvgIpc) is 3.38. The second-order valence-corrected chi connectivity index (χ2v) is 8.02. The molecule has 9 nitrogen and oxygen atoms in total. The molecule has 3 aromatic rings. The number of rotatable bonds is 6. The van der Waals surface area contributed by atoms with Crippen LogP contribution in [-0.2, 0) is 6.54 Å². The summed E-state index contributed by atoms with van der Waals surface area (Å²) in [4.78, 5) is 12.7. The molecule has 0 aliphatic heterocycles. The van der Waals surface area contributed by atoms with Crippen molar-refractivity contribution in [1.29, 1.82) is 0 Å². The molecule has 4 rings (SSSR count). The highest BCUT2D eigenvalue weighted by molar-refractivity contribution is 5.94. The van der Waals surface area contributed by atoms with E-state index >= 15 is 0 Å². The molecule has 3 aromatic heterocycles. The van der Waals surface area contributed by atoms with Gasteiger partial charge in [-0.1, -0.05) is 33.1 Å². The van der Waals surface area contributed by atoms with Gasteiger partial charge in [0.15, 0.2) is 17.3 Å². The predicted molar refractivity (Wildman–Crippen MR) is 106 cm³/mol. The van der Waals surface area contributed by atoms with Gasteiger partial charge in [-0.25, -0.2) is 0 Å². The lowest BCUT2D eigenvalue weighted by Gasteiger charge is -2.24. The van der Waals surface area contributed by atoms with E-state index in [-0.39, 0.29) is 11.8 Å². The van der Waals surface area contributed by atoms with E-state index < -0.39 is 6.10 Å². The molecule has 9 heteroatoms. The molecule has 2 N–H and O–H groups in total. The molecular weight excluding hydrogens is 370 g/mol. The summed E-state index contributed by atoms with van der Waals surface area (Å²) in [7, 11) is 0. The number of hydrogen-bond donors (Lipinski definition) is 2. The molecule has 1 aliphatic rings. The predicted octanol–water partition coefficient (Wildman–Crippen LogP) is 2.45. The van der Waals surface area contributed by atoms with Gasteiger partial charge in [0, 0.05) is 12.2 Å². The maximum absolute atomic E-state index is 12.7. The zero-order valence-corrected chi connectivity index (χ0v) is 16.8. The highest BCUT2D eigenvalue weighted by atomic mass is 16.3. The van der Waals surface area contributed by atoms with E-state index in [0.29, 0.717) is 29.6 Å². The summed E-state index contributed by atoms with van der Waals surface area (Å²) < 4.78 is 3.77. The second kappa shape index (κ2) is 8.28. The largest absolute Gasteiger partial charge is 0.385 e. The van der Waals surface area contributed by atoms with Crippen LogP contribution < -0.4 is 5.32 Å². The van der Waals surface area contributed by atoms with Crippen molar-refractivity contribution >= 4 is 11.6 Å². The summed E-state index contributed by atoms with van der Waals surface area (Å²) >= 11 is 0. The van der Waals surface area contributed by atoms with Gasteiger partial charge in [0.2, 0.25) is 0 Å². The smallest absolute Gasteiger partial charge is 0.253 e. The fourth-order valence-corrected chi connectivity index (χ4v) is 3.86. The minimum Gasteiger partial charge on any atom is -0.385 e. The number of hydrogen-bond acceptors (Lipinski definition) is 6. The average molecular weight is 397 g/mol. The van der Waals surface area contributed by atoms with E-state index in [4.69, 9.17) is 0 Å².